The second kappa shape index (κ2) is 9.68. The lowest BCUT2D eigenvalue weighted by atomic mass is 10.1. The Balaban J connectivity index is 1.67. The van der Waals surface area contributed by atoms with E-state index < -0.39 is 11.9 Å². The molecule has 0 unspecified atom stereocenters. The zero-order chi connectivity index (χ0) is 21.5. The third kappa shape index (κ3) is 5.66. The number of carbonyl (C=O) groups excluding carboxylic acids is 2. The van der Waals surface area contributed by atoms with E-state index in [9.17, 15) is 14.9 Å². The molecule has 30 heavy (non-hydrogen) atoms. The van der Waals surface area contributed by atoms with Crippen LogP contribution in [0.2, 0.25) is 0 Å². The largest absolute Gasteiger partial charge is 0.423 e. The van der Waals surface area contributed by atoms with E-state index in [1.807, 2.05) is 25.1 Å². The quantitative estimate of drug-likeness (QED) is 0.235. The molecule has 0 bridgehead atoms. The van der Waals surface area contributed by atoms with Gasteiger partial charge in [-0.1, -0.05) is 45.8 Å². The van der Waals surface area contributed by atoms with Crippen molar-refractivity contribution >= 4 is 39.6 Å². The summed E-state index contributed by atoms with van der Waals surface area (Å²) in [6, 6.07) is 22.6. The van der Waals surface area contributed by atoms with Gasteiger partial charge in [0, 0.05) is 10.2 Å². The van der Waals surface area contributed by atoms with Gasteiger partial charge < -0.3 is 10.1 Å². The average Bonchev–Trinajstić information content (AvgIpc) is 2.75. The smallest absolute Gasteiger partial charge is 0.343 e. The number of amides is 1. The molecule has 0 aliphatic heterocycles. The predicted octanol–water partition coefficient (Wildman–Crippen LogP) is 5.52. The molecule has 5 nitrogen and oxygen atoms in total. The molecule has 0 fully saturated rings. The van der Waals surface area contributed by atoms with Gasteiger partial charge in [-0.3, -0.25) is 4.79 Å². The highest BCUT2D eigenvalue weighted by molar-refractivity contribution is 9.10. The van der Waals surface area contributed by atoms with Crippen LogP contribution in [0.25, 0.3) is 6.08 Å². The summed E-state index contributed by atoms with van der Waals surface area (Å²) in [6.07, 6.45) is 1.48. The van der Waals surface area contributed by atoms with Gasteiger partial charge in [-0.15, -0.1) is 0 Å². The molecule has 0 aromatic heterocycles. The molecule has 1 amide bonds. The first-order valence-electron chi connectivity index (χ1n) is 9.02. The average molecular weight is 461 g/mol. The number of carbonyl (C=O) groups is 2. The maximum atomic E-state index is 12.4. The van der Waals surface area contributed by atoms with Crippen LogP contribution in [0.15, 0.2) is 82.8 Å². The van der Waals surface area contributed by atoms with Crippen LogP contribution < -0.4 is 10.1 Å². The van der Waals surface area contributed by atoms with Crippen molar-refractivity contribution in [3.63, 3.8) is 0 Å². The number of benzene rings is 3. The highest BCUT2D eigenvalue weighted by Crippen LogP contribution is 2.18. The van der Waals surface area contributed by atoms with E-state index in [1.165, 1.54) is 6.08 Å². The number of anilines is 1. The number of halogens is 1. The van der Waals surface area contributed by atoms with E-state index in [-0.39, 0.29) is 5.57 Å². The number of ether oxygens (including phenoxy) is 1. The van der Waals surface area contributed by atoms with E-state index in [0.29, 0.717) is 22.6 Å². The minimum Gasteiger partial charge on any atom is -0.423 e. The standard InChI is InChI=1S/C24H17BrN2O3/c1-16-2-10-21(11-3-16)27-23(28)19(15-26)14-17-4-12-22(13-5-17)30-24(29)18-6-8-20(25)9-7-18/h2-14H,1H3,(H,27,28)/b19-14-. The molecular weight excluding hydrogens is 444 g/mol. The fourth-order valence-corrected chi connectivity index (χ4v) is 2.80. The van der Waals surface area contributed by atoms with Crippen molar-refractivity contribution in [2.75, 3.05) is 5.32 Å². The van der Waals surface area contributed by atoms with Crippen molar-refractivity contribution in [3.05, 3.63) is 99.5 Å². The molecule has 0 atom stereocenters. The van der Waals surface area contributed by atoms with E-state index in [2.05, 4.69) is 21.2 Å². The Morgan fingerprint density at radius 2 is 1.60 bits per heavy atom. The first-order chi connectivity index (χ1) is 14.4. The molecule has 0 aliphatic rings. The molecule has 6 heteroatoms. The van der Waals surface area contributed by atoms with Crippen molar-refractivity contribution in [2.24, 2.45) is 0 Å². The minimum atomic E-state index is -0.493. The van der Waals surface area contributed by atoms with E-state index in [4.69, 9.17) is 4.74 Å². The molecule has 3 aromatic carbocycles. The number of nitrogens with zero attached hydrogens (tertiary/aromatic N) is 1. The van der Waals surface area contributed by atoms with Crippen LogP contribution >= 0.6 is 15.9 Å². The number of hydrogen-bond acceptors (Lipinski definition) is 4. The van der Waals surface area contributed by atoms with E-state index in [1.54, 1.807) is 60.7 Å². The van der Waals surface area contributed by atoms with Gasteiger partial charge in [-0.25, -0.2) is 4.79 Å². The number of hydrogen-bond donors (Lipinski definition) is 1. The zero-order valence-corrected chi connectivity index (χ0v) is 17.6. The lowest BCUT2D eigenvalue weighted by molar-refractivity contribution is -0.112. The predicted molar refractivity (Wildman–Crippen MR) is 119 cm³/mol. The Hall–Kier alpha value is -3.69. The van der Waals surface area contributed by atoms with Gasteiger partial charge in [0.05, 0.1) is 5.56 Å². The van der Waals surface area contributed by atoms with Crippen molar-refractivity contribution in [1.82, 2.24) is 0 Å². The fourth-order valence-electron chi connectivity index (χ4n) is 2.53. The minimum absolute atomic E-state index is 0.0322. The van der Waals surface area contributed by atoms with Crippen LogP contribution in [0.5, 0.6) is 5.75 Å². The summed E-state index contributed by atoms with van der Waals surface area (Å²) in [4.78, 5) is 24.5. The van der Waals surface area contributed by atoms with Crippen molar-refractivity contribution < 1.29 is 14.3 Å². The molecule has 0 heterocycles. The van der Waals surface area contributed by atoms with Crippen LogP contribution in [0.4, 0.5) is 5.69 Å². The molecule has 0 saturated heterocycles. The van der Waals surface area contributed by atoms with Gasteiger partial charge in [0.15, 0.2) is 0 Å². The molecule has 148 valence electrons. The molecule has 0 aliphatic carbocycles. The first-order valence-corrected chi connectivity index (χ1v) is 9.81. The number of rotatable bonds is 5. The summed E-state index contributed by atoms with van der Waals surface area (Å²) in [5.74, 6) is -0.601. The maximum absolute atomic E-state index is 12.4. The van der Waals surface area contributed by atoms with Crippen molar-refractivity contribution in [2.45, 2.75) is 6.92 Å². The molecule has 0 saturated carbocycles. The highest BCUT2D eigenvalue weighted by atomic mass is 79.9. The number of nitriles is 1. The number of esters is 1. The maximum Gasteiger partial charge on any atom is 0.343 e. The van der Waals surface area contributed by atoms with Crippen LogP contribution in [0.3, 0.4) is 0 Å². The first kappa shape index (κ1) is 21.0. The normalized spacial score (nSPS) is 10.8. The molecule has 1 N–H and O–H groups in total. The second-order valence-corrected chi connectivity index (χ2v) is 7.37. The van der Waals surface area contributed by atoms with Crippen LogP contribution in [-0.4, -0.2) is 11.9 Å². The van der Waals surface area contributed by atoms with Gasteiger partial charge in [-0.05, 0) is 67.1 Å². The summed E-state index contributed by atoms with van der Waals surface area (Å²) >= 11 is 3.32. The summed E-state index contributed by atoms with van der Waals surface area (Å²) in [5, 5.41) is 12.0. The Bertz CT molecular complexity index is 1130. The van der Waals surface area contributed by atoms with Gasteiger partial charge in [0.1, 0.15) is 17.4 Å². The van der Waals surface area contributed by atoms with Crippen LogP contribution in [-0.2, 0) is 4.79 Å². The number of nitrogens with one attached hydrogen (secondary N) is 1. The highest BCUT2D eigenvalue weighted by Gasteiger charge is 2.11. The second-order valence-electron chi connectivity index (χ2n) is 6.46. The number of aryl methyl sites for hydroxylation is 1. The molecule has 0 radical (unpaired) electrons. The summed E-state index contributed by atoms with van der Waals surface area (Å²) < 4.78 is 6.21. The fraction of sp³-hybridized carbons (Fsp3) is 0.0417. The molecule has 3 rings (SSSR count). The zero-order valence-electron chi connectivity index (χ0n) is 16.1. The Morgan fingerprint density at radius 3 is 2.20 bits per heavy atom. The summed E-state index contributed by atoms with van der Waals surface area (Å²) in [6.45, 7) is 1.95. The topological polar surface area (TPSA) is 79.2 Å². The SMILES string of the molecule is Cc1ccc(NC(=O)/C(C#N)=C\c2ccc(OC(=O)c3ccc(Br)cc3)cc2)cc1. The monoisotopic (exact) mass is 460 g/mol. The van der Waals surface area contributed by atoms with Gasteiger partial charge in [0.2, 0.25) is 0 Å². The molecular formula is C24H17BrN2O3. The molecule has 0 spiro atoms. The third-order valence-electron chi connectivity index (χ3n) is 4.16. The summed E-state index contributed by atoms with van der Waals surface area (Å²) in [7, 11) is 0. The Kier molecular flexibility index (Phi) is 6.79. The van der Waals surface area contributed by atoms with Crippen LogP contribution in [0.1, 0.15) is 21.5 Å². The lowest BCUT2D eigenvalue weighted by Crippen LogP contribution is -2.13. The third-order valence-corrected chi connectivity index (χ3v) is 4.68. The van der Waals surface area contributed by atoms with Crippen molar-refractivity contribution in [1.29, 1.82) is 5.26 Å². The lowest BCUT2D eigenvalue weighted by Gasteiger charge is -2.06. The Labute approximate surface area is 182 Å². The van der Waals surface area contributed by atoms with Gasteiger partial charge in [0.25, 0.3) is 5.91 Å². The van der Waals surface area contributed by atoms with E-state index in [0.717, 1.165) is 10.0 Å². The molecule has 3 aromatic rings. The van der Waals surface area contributed by atoms with Crippen LogP contribution in [0, 0.1) is 18.3 Å². The van der Waals surface area contributed by atoms with Gasteiger partial charge in [-0.2, -0.15) is 5.26 Å². The summed E-state index contributed by atoms with van der Waals surface area (Å²) in [5.41, 5.74) is 2.72. The van der Waals surface area contributed by atoms with Crippen molar-refractivity contribution in [3.8, 4) is 11.8 Å². The van der Waals surface area contributed by atoms with Gasteiger partial charge >= 0.3 is 5.97 Å². The van der Waals surface area contributed by atoms with E-state index >= 15 is 0 Å². The Morgan fingerprint density at radius 1 is 0.967 bits per heavy atom.